The average Bonchev–Trinajstić information content (AvgIpc) is 2.19. The summed E-state index contributed by atoms with van der Waals surface area (Å²) in [6.07, 6.45) is 5.43. The zero-order valence-electron chi connectivity index (χ0n) is 8.45. The van der Waals surface area contributed by atoms with Crippen molar-refractivity contribution in [2.75, 3.05) is 6.61 Å². The number of hydrogen-bond acceptors (Lipinski definition) is 3. The molecule has 14 heavy (non-hydrogen) atoms. The van der Waals surface area contributed by atoms with Crippen molar-refractivity contribution in [1.29, 1.82) is 5.26 Å². The van der Waals surface area contributed by atoms with Crippen LogP contribution in [0.4, 0.5) is 0 Å². The molecule has 0 bridgehead atoms. The van der Waals surface area contributed by atoms with Crippen LogP contribution in [-0.2, 0) is 9.53 Å². The predicted octanol–water partition coefficient (Wildman–Crippen LogP) is 2.36. The van der Waals surface area contributed by atoms with Crippen molar-refractivity contribution >= 4 is 5.97 Å². The molecule has 0 atom stereocenters. The summed E-state index contributed by atoms with van der Waals surface area (Å²) in [7, 11) is 0. The van der Waals surface area contributed by atoms with E-state index < -0.39 is 5.97 Å². The van der Waals surface area contributed by atoms with Crippen molar-refractivity contribution in [3.8, 4) is 6.07 Å². The Morgan fingerprint density at radius 2 is 2.36 bits per heavy atom. The van der Waals surface area contributed by atoms with E-state index in [-0.39, 0.29) is 5.57 Å². The topological polar surface area (TPSA) is 50.1 Å². The molecule has 0 heterocycles. The van der Waals surface area contributed by atoms with Gasteiger partial charge in [0.2, 0.25) is 0 Å². The quantitative estimate of drug-likeness (QED) is 0.214. The van der Waals surface area contributed by atoms with E-state index in [0.717, 1.165) is 12.8 Å². The highest BCUT2D eigenvalue weighted by molar-refractivity contribution is 5.92. The highest BCUT2D eigenvalue weighted by atomic mass is 16.5. The van der Waals surface area contributed by atoms with Crippen LogP contribution in [0.25, 0.3) is 0 Å². The van der Waals surface area contributed by atoms with E-state index in [1.807, 2.05) is 6.92 Å². The summed E-state index contributed by atoms with van der Waals surface area (Å²) in [5.41, 5.74) is 0.0565. The Bertz CT molecular complexity index is 261. The molecule has 0 aliphatic carbocycles. The first-order chi connectivity index (χ1) is 6.76. The fraction of sp³-hybridized carbons (Fsp3) is 0.455. The highest BCUT2D eigenvalue weighted by Gasteiger charge is 2.08. The van der Waals surface area contributed by atoms with Gasteiger partial charge in [0, 0.05) is 0 Å². The second-order valence-electron chi connectivity index (χ2n) is 2.74. The monoisotopic (exact) mass is 193 g/mol. The van der Waals surface area contributed by atoms with E-state index in [1.165, 1.54) is 6.08 Å². The van der Waals surface area contributed by atoms with Crippen LogP contribution in [0.15, 0.2) is 24.3 Å². The Morgan fingerprint density at radius 3 is 2.86 bits per heavy atom. The van der Waals surface area contributed by atoms with Gasteiger partial charge in [-0.25, -0.2) is 4.79 Å². The lowest BCUT2D eigenvalue weighted by Gasteiger charge is -2.01. The maximum atomic E-state index is 11.2. The summed E-state index contributed by atoms with van der Waals surface area (Å²) < 4.78 is 4.87. The molecule has 0 fully saturated rings. The van der Waals surface area contributed by atoms with Gasteiger partial charge in [-0.1, -0.05) is 25.5 Å². The van der Waals surface area contributed by atoms with Gasteiger partial charge >= 0.3 is 5.97 Å². The third kappa shape index (κ3) is 5.15. The van der Waals surface area contributed by atoms with Crippen molar-refractivity contribution < 1.29 is 9.53 Å². The second kappa shape index (κ2) is 8.06. The van der Waals surface area contributed by atoms with Crippen molar-refractivity contribution in [3.63, 3.8) is 0 Å². The maximum absolute atomic E-state index is 11.2. The van der Waals surface area contributed by atoms with Crippen molar-refractivity contribution in [2.24, 2.45) is 0 Å². The van der Waals surface area contributed by atoms with Gasteiger partial charge in [-0.15, -0.1) is 6.58 Å². The number of unbranched alkanes of at least 4 members (excludes halogenated alkanes) is 1. The standard InChI is InChI=1S/C11H15NO2/c1-3-5-7-10(9-12)11(13)14-8-6-4-2/h3,7H,1,4-6,8H2,2H3. The normalized spacial score (nSPS) is 10.4. The first-order valence-electron chi connectivity index (χ1n) is 4.64. The molecule has 0 unspecified atom stereocenters. The van der Waals surface area contributed by atoms with Crippen LogP contribution in [0.3, 0.4) is 0 Å². The molecule has 0 N–H and O–H groups in total. The number of carbonyl (C=O) groups is 1. The number of allylic oxidation sites excluding steroid dienone is 2. The van der Waals surface area contributed by atoms with Gasteiger partial charge in [0.15, 0.2) is 0 Å². The minimum absolute atomic E-state index is 0.0565. The van der Waals surface area contributed by atoms with Gasteiger partial charge in [-0.05, 0) is 12.8 Å². The first-order valence-corrected chi connectivity index (χ1v) is 4.64. The lowest BCUT2D eigenvalue weighted by Crippen LogP contribution is -2.07. The van der Waals surface area contributed by atoms with Gasteiger partial charge < -0.3 is 4.74 Å². The summed E-state index contributed by atoms with van der Waals surface area (Å²) in [5, 5.41) is 8.63. The molecule has 0 radical (unpaired) electrons. The number of ether oxygens (including phenoxy) is 1. The summed E-state index contributed by atoms with van der Waals surface area (Å²) >= 11 is 0. The fourth-order valence-electron chi connectivity index (χ4n) is 0.763. The van der Waals surface area contributed by atoms with Gasteiger partial charge in [-0.3, -0.25) is 0 Å². The van der Waals surface area contributed by atoms with E-state index in [1.54, 1.807) is 12.1 Å². The predicted molar refractivity (Wildman–Crippen MR) is 54.4 cm³/mol. The summed E-state index contributed by atoms with van der Waals surface area (Å²) in [5.74, 6) is -0.539. The van der Waals surface area contributed by atoms with E-state index in [4.69, 9.17) is 10.00 Å². The summed E-state index contributed by atoms with van der Waals surface area (Å²) in [4.78, 5) is 11.2. The largest absolute Gasteiger partial charge is 0.462 e. The Labute approximate surface area is 84.7 Å². The number of hydrogen-bond donors (Lipinski definition) is 0. The SMILES string of the molecule is C=CCC=C(C#N)C(=O)OCCCC. The zero-order chi connectivity index (χ0) is 10.8. The molecule has 0 aromatic rings. The fourth-order valence-corrected chi connectivity index (χ4v) is 0.763. The number of rotatable bonds is 6. The second-order valence-corrected chi connectivity index (χ2v) is 2.74. The van der Waals surface area contributed by atoms with Crippen molar-refractivity contribution in [3.05, 3.63) is 24.3 Å². The van der Waals surface area contributed by atoms with Crippen LogP contribution in [0.5, 0.6) is 0 Å². The van der Waals surface area contributed by atoms with Crippen molar-refractivity contribution in [1.82, 2.24) is 0 Å². The lowest BCUT2D eigenvalue weighted by molar-refractivity contribution is -0.138. The molecule has 76 valence electrons. The van der Waals surface area contributed by atoms with Gasteiger partial charge in [-0.2, -0.15) is 5.26 Å². The Hall–Kier alpha value is -1.56. The van der Waals surface area contributed by atoms with Crippen LogP contribution in [0.1, 0.15) is 26.2 Å². The van der Waals surface area contributed by atoms with E-state index in [9.17, 15) is 4.79 Å². The van der Waals surface area contributed by atoms with Crippen LogP contribution < -0.4 is 0 Å². The average molecular weight is 193 g/mol. The smallest absolute Gasteiger partial charge is 0.348 e. The van der Waals surface area contributed by atoms with E-state index >= 15 is 0 Å². The minimum atomic E-state index is -0.539. The first kappa shape index (κ1) is 12.4. The number of nitriles is 1. The summed E-state index contributed by atoms with van der Waals surface area (Å²) in [6.45, 7) is 5.88. The molecule has 0 aliphatic rings. The Kier molecular flexibility index (Phi) is 7.16. The van der Waals surface area contributed by atoms with Crippen molar-refractivity contribution in [2.45, 2.75) is 26.2 Å². The third-order valence-corrected chi connectivity index (χ3v) is 1.56. The molecule has 0 aliphatic heterocycles. The third-order valence-electron chi connectivity index (χ3n) is 1.56. The van der Waals surface area contributed by atoms with Gasteiger partial charge in [0.05, 0.1) is 6.61 Å². The molecule has 0 spiro atoms. The molecule has 3 nitrogen and oxygen atoms in total. The molecule has 0 aromatic carbocycles. The summed E-state index contributed by atoms with van der Waals surface area (Å²) in [6, 6.07) is 1.80. The molecular weight excluding hydrogens is 178 g/mol. The highest BCUT2D eigenvalue weighted by Crippen LogP contribution is 2.00. The maximum Gasteiger partial charge on any atom is 0.348 e. The lowest BCUT2D eigenvalue weighted by atomic mass is 10.2. The molecule has 0 saturated carbocycles. The van der Waals surface area contributed by atoms with Crippen LogP contribution in [0.2, 0.25) is 0 Å². The molecular formula is C11H15NO2. The zero-order valence-corrected chi connectivity index (χ0v) is 8.45. The van der Waals surface area contributed by atoms with E-state index in [0.29, 0.717) is 13.0 Å². The molecule has 0 rings (SSSR count). The van der Waals surface area contributed by atoms with Crippen LogP contribution >= 0.6 is 0 Å². The van der Waals surface area contributed by atoms with Crippen LogP contribution in [-0.4, -0.2) is 12.6 Å². The molecule has 0 amide bonds. The van der Waals surface area contributed by atoms with Gasteiger partial charge in [0.25, 0.3) is 0 Å². The molecule has 0 saturated heterocycles. The number of esters is 1. The number of carbonyl (C=O) groups excluding carboxylic acids is 1. The Morgan fingerprint density at radius 1 is 1.64 bits per heavy atom. The molecule has 0 aromatic heterocycles. The Balaban J connectivity index is 4.06. The van der Waals surface area contributed by atoms with Crippen LogP contribution in [0, 0.1) is 11.3 Å². The van der Waals surface area contributed by atoms with Gasteiger partial charge in [0.1, 0.15) is 11.6 Å². The number of nitrogens with zero attached hydrogens (tertiary/aromatic N) is 1. The molecule has 3 heteroatoms. The minimum Gasteiger partial charge on any atom is -0.462 e. The van der Waals surface area contributed by atoms with E-state index in [2.05, 4.69) is 6.58 Å².